The molecule has 0 spiro atoms. The van der Waals surface area contributed by atoms with Crippen LogP contribution in [0, 0.1) is 0 Å². The van der Waals surface area contributed by atoms with Gasteiger partial charge < -0.3 is 18.9 Å². The molecule has 0 heterocycles. The number of esters is 2. The number of rotatable bonds is 45. The Hall–Kier alpha value is -0.990. The van der Waals surface area contributed by atoms with Crippen LogP contribution in [0.15, 0.2) is 0 Å². The molecule has 1 N–H and O–H groups in total. The van der Waals surface area contributed by atoms with Gasteiger partial charge in [-0.3, -0.25) is 18.6 Å². The molecule has 0 bridgehead atoms. The van der Waals surface area contributed by atoms with Gasteiger partial charge in [0.2, 0.25) is 0 Å². The third-order valence-corrected chi connectivity index (χ3v) is 11.9. The molecule has 2 atom stereocenters. The zero-order valence-electron chi connectivity index (χ0n) is 38.4. The first kappa shape index (κ1) is 56.0. The van der Waals surface area contributed by atoms with Gasteiger partial charge in [0.15, 0.2) is 6.10 Å². The Kier molecular flexibility index (Phi) is 39.7. The zero-order valence-corrected chi connectivity index (χ0v) is 39.2. The summed E-state index contributed by atoms with van der Waals surface area (Å²) >= 11 is 0. The van der Waals surface area contributed by atoms with Gasteiger partial charge in [-0.1, -0.05) is 213 Å². The fourth-order valence-electron chi connectivity index (χ4n) is 7.08. The quantitative estimate of drug-likeness (QED) is 0.0280. The molecule has 0 aromatic rings. The number of hydrogen-bond acceptors (Lipinski definition) is 7. The van der Waals surface area contributed by atoms with Crippen LogP contribution in [-0.4, -0.2) is 74.9 Å². The summed E-state index contributed by atoms with van der Waals surface area (Å²) in [4.78, 5) is 35.3. The van der Waals surface area contributed by atoms with Crippen molar-refractivity contribution in [2.75, 3.05) is 47.5 Å². The monoisotopic (exact) mass is 833 g/mol. The first-order valence-electron chi connectivity index (χ1n) is 24.3. The van der Waals surface area contributed by atoms with E-state index < -0.39 is 26.5 Å². The number of unbranched alkanes of at least 4 members (excludes halogenated alkanes) is 31. The van der Waals surface area contributed by atoms with Crippen molar-refractivity contribution >= 4 is 19.8 Å². The van der Waals surface area contributed by atoms with E-state index in [9.17, 15) is 19.0 Å². The zero-order chi connectivity index (χ0) is 42.1. The van der Waals surface area contributed by atoms with Crippen LogP contribution in [0.2, 0.25) is 0 Å². The highest BCUT2D eigenvalue weighted by atomic mass is 31.2. The predicted octanol–water partition coefficient (Wildman–Crippen LogP) is 14.0. The van der Waals surface area contributed by atoms with Gasteiger partial charge in [0, 0.05) is 12.8 Å². The van der Waals surface area contributed by atoms with Gasteiger partial charge >= 0.3 is 19.8 Å². The maximum absolute atomic E-state index is 12.6. The highest BCUT2D eigenvalue weighted by molar-refractivity contribution is 7.47. The largest absolute Gasteiger partial charge is 0.472 e. The number of phosphoric acid groups is 1. The van der Waals surface area contributed by atoms with E-state index in [0.29, 0.717) is 23.9 Å². The van der Waals surface area contributed by atoms with Gasteiger partial charge in [0.05, 0.1) is 27.7 Å². The average Bonchev–Trinajstić information content (AvgIpc) is 3.16. The summed E-state index contributed by atoms with van der Waals surface area (Å²) in [5.74, 6) is -0.784. The Morgan fingerprint density at radius 1 is 0.474 bits per heavy atom. The van der Waals surface area contributed by atoms with Crippen LogP contribution in [-0.2, 0) is 32.7 Å². The normalized spacial score (nSPS) is 13.4. The molecule has 0 aliphatic heterocycles. The van der Waals surface area contributed by atoms with Crippen LogP contribution >= 0.6 is 7.82 Å². The van der Waals surface area contributed by atoms with Gasteiger partial charge in [-0.2, -0.15) is 0 Å². The van der Waals surface area contributed by atoms with Crippen molar-refractivity contribution in [2.24, 2.45) is 0 Å². The maximum atomic E-state index is 12.6. The number of ether oxygens (including phenoxy) is 2. The number of quaternary nitrogens is 1. The van der Waals surface area contributed by atoms with E-state index in [1.54, 1.807) is 0 Å². The highest BCUT2D eigenvalue weighted by Crippen LogP contribution is 2.43. The molecule has 0 fully saturated rings. The Bertz CT molecular complexity index is 943. The first-order chi connectivity index (χ1) is 27.5. The molecule has 0 amide bonds. The van der Waals surface area contributed by atoms with Gasteiger partial charge in [-0.05, 0) is 12.8 Å². The van der Waals surface area contributed by atoms with Gasteiger partial charge in [-0.15, -0.1) is 0 Å². The van der Waals surface area contributed by atoms with Gasteiger partial charge in [0.1, 0.15) is 19.8 Å². The lowest BCUT2D eigenvalue weighted by atomic mass is 10.0. The summed E-state index contributed by atoms with van der Waals surface area (Å²) in [5, 5.41) is 0. The van der Waals surface area contributed by atoms with Crippen LogP contribution in [0.1, 0.15) is 239 Å². The summed E-state index contributed by atoms with van der Waals surface area (Å²) in [6.07, 6.45) is 41.7. The topological polar surface area (TPSA) is 108 Å². The fourth-order valence-corrected chi connectivity index (χ4v) is 7.82. The Balaban J connectivity index is 4.09. The van der Waals surface area contributed by atoms with Crippen molar-refractivity contribution in [3.63, 3.8) is 0 Å². The molecule has 0 aromatic carbocycles. The summed E-state index contributed by atoms with van der Waals surface area (Å²) in [6.45, 7) is 4.45. The standard InChI is InChI=1S/C47H94NO8P/c1-6-8-10-12-14-16-18-19-20-21-22-23-24-25-26-27-28-29-30-32-33-35-37-39-46(49)53-43-45(44-55-57(51,52)54-42-41-48(3,4)5)56-47(50)40-38-36-34-31-17-15-13-11-9-7-2/h45H,6-44H2,1-5H3/p+1/t45-/m0/s1. The average molecular weight is 833 g/mol. The van der Waals surface area contributed by atoms with Crippen LogP contribution in [0.4, 0.5) is 0 Å². The predicted molar refractivity (Wildman–Crippen MR) is 238 cm³/mol. The molecular weight excluding hydrogens is 737 g/mol. The second kappa shape index (κ2) is 40.4. The van der Waals surface area contributed by atoms with Crippen LogP contribution in [0.3, 0.4) is 0 Å². The smallest absolute Gasteiger partial charge is 0.462 e. The lowest BCUT2D eigenvalue weighted by molar-refractivity contribution is -0.870. The molecule has 57 heavy (non-hydrogen) atoms. The number of carbonyl (C=O) groups excluding carboxylic acids is 2. The molecule has 1 unspecified atom stereocenters. The van der Waals surface area contributed by atoms with Gasteiger partial charge in [-0.25, -0.2) is 4.57 Å². The summed E-state index contributed by atoms with van der Waals surface area (Å²) in [7, 11) is 1.49. The van der Waals surface area contributed by atoms with Gasteiger partial charge in [0.25, 0.3) is 0 Å². The van der Waals surface area contributed by atoms with Crippen LogP contribution in [0.25, 0.3) is 0 Å². The van der Waals surface area contributed by atoms with E-state index in [0.717, 1.165) is 32.1 Å². The molecule has 0 saturated heterocycles. The van der Waals surface area contributed by atoms with Crippen molar-refractivity contribution < 1.29 is 42.1 Å². The number of hydrogen-bond donors (Lipinski definition) is 1. The van der Waals surface area contributed by atoms with Crippen LogP contribution in [0.5, 0.6) is 0 Å². The second-order valence-corrected chi connectivity index (χ2v) is 19.3. The first-order valence-corrected chi connectivity index (χ1v) is 25.8. The Morgan fingerprint density at radius 3 is 1.12 bits per heavy atom. The molecule has 0 aromatic heterocycles. The van der Waals surface area contributed by atoms with E-state index in [2.05, 4.69) is 13.8 Å². The van der Waals surface area contributed by atoms with Crippen molar-refractivity contribution in [1.29, 1.82) is 0 Å². The molecule has 0 saturated carbocycles. The SMILES string of the molecule is CCCCCCCCCCCCCCCCCCCCCCCCCC(=O)OC[C@@H](COP(=O)(O)OCC[N+](C)(C)C)OC(=O)CCCCCCCCCCCC. The number of nitrogens with zero attached hydrogens (tertiary/aromatic N) is 1. The summed E-state index contributed by atoms with van der Waals surface area (Å²) in [5.41, 5.74) is 0. The van der Waals surface area contributed by atoms with E-state index in [1.165, 1.54) is 173 Å². The number of carbonyl (C=O) groups is 2. The molecule has 10 heteroatoms. The second-order valence-electron chi connectivity index (χ2n) is 17.9. The van der Waals surface area contributed by atoms with E-state index in [-0.39, 0.29) is 25.6 Å². The van der Waals surface area contributed by atoms with Crippen LogP contribution < -0.4 is 0 Å². The summed E-state index contributed by atoms with van der Waals surface area (Å²) < 4.78 is 34.3. The fraction of sp³-hybridized carbons (Fsp3) is 0.957. The van der Waals surface area contributed by atoms with E-state index in [4.69, 9.17) is 18.5 Å². The van der Waals surface area contributed by atoms with Crippen molar-refractivity contribution in [1.82, 2.24) is 0 Å². The third-order valence-electron chi connectivity index (χ3n) is 10.9. The molecular formula is C47H95NO8P+. The maximum Gasteiger partial charge on any atom is 0.472 e. The van der Waals surface area contributed by atoms with Crippen molar-refractivity contribution in [3.8, 4) is 0 Å². The highest BCUT2D eigenvalue weighted by Gasteiger charge is 2.27. The Labute approximate surface area is 353 Å². The van der Waals surface area contributed by atoms with E-state index >= 15 is 0 Å². The molecule has 0 aliphatic carbocycles. The molecule has 9 nitrogen and oxygen atoms in total. The van der Waals surface area contributed by atoms with E-state index in [1.807, 2.05) is 21.1 Å². The lowest BCUT2D eigenvalue weighted by Crippen LogP contribution is -2.37. The molecule has 340 valence electrons. The molecule has 0 radical (unpaired) electrons. The molecule has 0 rings (SSSR count). The Morgan fingerprint density at radius 2 is 0.789 bits per heavy atom. The molecule has 0 aliphatic rings. The minimum Gasteiger partial charge on any atom is -0.462 e. The minimum absolute atomic E-state index is 0.0367. The number of likely N-dealkylation sites (N-methyl/N-ethyl adjacent to an activating group) is 1. The number of phosphoric ester groups is 1. The summed E-state index contributed by atoms with van der Waals surface area (Å²) in [6, 6.07) is 0. The van der Waals surface area contributed by atoms with Crippen molar-refractivity contribution in [2.45, 2.75) is 245 Å². The third kappa shape index (κ3) is 44.4. The van der Waals surface area contributed by atoms with Crippen molar-refractivity contribution in [3.05, 3.63) is 0 Å². The lowest BCUT2D eigenvalue weighted by Gasteiger charge is -2.24. The minimum atomic E-state index is -4.36.